The average molecular weight is 192 g/mol. The molecule has 1 fully saturated rings. The lowest BCUT2D eigenvalue weighted by Gasteiger charge is -2.28. The number of carbonyl (C=O) groups excluding carboxylic acids is 1. The van der Waals surface area contributed by atoms with Crippen LogP contribution in [0.15, 0.2) is 23.0 Å². The number of fused-ring (bicyclic) bond motifs is 1. The number of methoxy groups -OCH3 is 1. The maximum atomic E-state index is 11.7. The highest BCUT2D eigenvalue weighted by Gasteiger charge is 2.29. The van der Waals surface area contributed by atoms with E-state index in [4.69, 9.17) is 4.74 Å². The number of rotatable bonds is 1. The standard InChI is InChI=1S/C12H16O2/c1-8-6-9-4-3-5-11(13)10(9)7-12(8)14-2/h7,9H,3-6H2,1-2H3. The number of hydrogen-bond donors (Lipinski definition) is 0. The molecular formula is C12H16O2. The van der Waals surface area contributed by atoms with Gasteiger partial charge in [0.2, 0.25) is 0 Å². The minimum Gasteiger partial charge on any atom is -0.497 e. The molecule has 2 aliphatic carbocycles. The minimum atomic E-state index is 0.323. The van der Waals surface area contributed by atoms with Crippen LogP contribution < -0.4 is 0 Å². The molecule has 0 aromatic heterocycles. The van der Waals surface area contributed by atoms with Crippen molar-refractivity contribution < 1.29 is 9.53 Å². The summed E-state index contributed by atoms with van der Waals surface area (Å²) < 4.78 is 5.25. The van der Waals surface area contributed by atoms with E-state index in [-0.39, 0.29) is 0 Å². The van der Waals surface area contributed by atoms with Gasteiger partial charge in [-0.2, -0.15) is 0 Å². The Hall–Kier alpha value is -1.05. The fourth-order valence-corrected chi connectivity index (χ4v) is 2.41. The highest BCUT2D eigenvalue weighted by molar-refractivity contribution is 5.97. The molecule has 2 rings (SSSR count). The van der Waals surface area contributed by atoms with Crippen LogP contribution in [-0.2, 0) is 9.53 Å². The van der Waals surface area contributed by atoms with Crippen molar-refractivity contribution >= 4 is 5.78 Å². The predicted molar refractivity (Wildman–Crippen MR) is 54.8 cm³/mol. The van der Waals surface area contributed by atoms with Gasteiger partial charge in [0.05, 0.1) is 7.11 Å². The number of allylic oxidation sites excluding steroid dienone is 3. The van der Waals surface area contributed by atoms with E-state index in [1.807, 2.05) is 6.08 Å². The molecule has 0 spiro atoms. The summed E-state index contributed by atoms with van der Waals surface area (Å²) in [5.41, 5.74) is 2.27. The quantitative estimate of drug-likeness (QED) is 0.638. The summed E-state index contributed by atoms with van der Waals surface area (Å²) in [6, 6.07) is 0. The SMILES string of the molecule is COC1=C(C)CC2CCCC(=O)C2=C1. The average Bonchev–Trinajstić information content (AvgIpc) is 2.17. The molecule has 2 nitrogen and oxygen atoms in total. The highest BCUT2D eigenvalue weighted by Crippen LogP contribution is 2.37. The first-order valence-electron chi connectivity index (χ1n) is 5.21. The van der Waals surface area contributed by atoms with Crippen molar-refractivity contribution in [2.24, 2.45) is 5.92 Å². The molecule has 0 saturated heterocycles. The summed E-state index contributed by atoms with van der Waals surface area (Å²) in [6.45, 7) is 2.09. The van der Waals surface area contributed by atoms with Crippen LogP contribution in [0.2, 0.25) is 0 Å². The third kappa shape index (κ3) is 1.49. The Bertz CT molecular complexity index is 323. The first kappa shape index (κ1) is 9.50. The molecule has 2 aliphatic rings. The van der Waals surface area contributed by atoms with E-state index in [0.717, 1.165) is 37.0 Å². The second-order valence-corrected chi connectivity index (χ2v) is 4.16. The van der Waals surface area contributed by atoms with Crippen LogP contribution >= 0.6 is 0 Å². The van der Waals surface area contributed by atoms with Gasteiger partial charge in [-0.05, 0) is 43.8 Å². The molecule has 0 amide bonds. The number of ketones is 1. The van der Waals surface area contributed by atoms with E-state index in [1.54, 1.807) is 7.11 Å². The predicted octanol–water partition coefficient (Wildman–Crippen LogP) is 2.61. The summed E-state index contributed by atoms with van der Waals surface area (Å²) in [5, 5.41) is 0. The van der Waals surface area contributed by atoms with Crippen LogP contribution in [0.3, 0.4) is 0 Å². The Morgan fingerprint density at radius 1 is 1.50 bits per heavy atom. The maximum Gasteiger partial charge on any atom is 0.159 e. The lowest BCUT2D eigenvalue weighted by atomic mass is 9.77. The van der Waals surface area contributed by atoms with Gasteiger partial charge in [-0.25, -0.2) is 0 Å². The molecule has 0 heterocycles. The van der Waals surface area contributed by atoms with Crippen molar-refractivity contribution in [3.63, 3.8) is 0 Å². The molecule has 0 radical (unpaired) electrons. The monoisotopic (exact) mass is 192 g/mol. The van der Waals surface area contributed by atoms with Gasteiger partial charge < -0.3 is 4.74 Å². The lowest BCUT2D eigenvalue weighted by molar-refractivity contribution is -0.117. The van der Waals surface area contributed by atoms with Crippen LogP contribution in [0.25, 0.3) is 0 Å². The Morgan fingerprint density at radius 2 is 2.29 bits per heavy atom. The van der Waals surface area contributed by atoms with Gasteiger partial charge in [0.15, 0.2) is 5.78 Å². The number of ether oxygens (including phenoxy) is 1. The molecule has 1 saturated carbocycles. The smallest absolute Gasteiger partial charge is 0.159 e. The highest BCUT2D eigenvalue weighted by atomic mass is 16.5. The fraction of sp³-hybridized carbons (Fsp3) is 0.583. The van der Waals surface area contributed by atoms with E-state index in [0.29, 0.717) is 11.7 Å². The van der Waals surface area contributed by atoms with Crippen molar-refractivity contribution in [2.75, 3.05) is 7.11 Å². The molecule has 0 N–H and O–H groups in total. The van der Waals surface area contributed by atoms with Gasteiger partial charge in [0, 0.05) is 12.0 Å². The van der Waals surface area contributed by atoms with Crippen LogP contribution in [0.1, 0.15) is 32.6 Å². The molecular weight excluding hydrogens is 176 g/mol. The summed E-state index contributed by atoms with van der Waals surface area (Å²) in [4.78, 5) is 11.7. The second-order valence-electron chi connectivity index (χ2n) is 4.16. The van der Waals surface area contributed by atoms with Crippen molar-refractivity contribution in [3.8, 4) is 0 Å². The molecule has 76 valence electrons. The minimum absolute atomic E-state index is 0.323. The van der Waals surface area contributed by atoms with Gasteiger partial charge in [-0.15, -0.1) is 0 Å². The normalized spacial score (nSPS) is 27.1. The summed E-state index contributed by atoms with van der Waals surface area (Å²) in [6.07, 6.45) is 5.88. The van der Waals surface area contributed by atoms with Crippen LogP contribution in [-0.4, -0.2) is 12.9 Å². The Balaban J connectivity index is 2.32. The third-order valence-corrected chi connectivity index (χ3v) is 3.20. The topological polar surface area (TPSA) is 26.3 Å². The van der Waals surface area contributed by atoms with Gasteiger partial charge in [0.25, 0.3) is 0 Å². The largest absolute Gasteiger partial charge is 0.497 e. The van der Waals surface area contributed by atoms with Gasteiger partial charge >= 0.3 is 0 Å². The molecule has 14 heavy (non-hydrogen) atoms. The Morgan fingerprint density at radius 3 is 3.00 bits per heavy atom. The zero-order valence-corrected chi connectivity index (χ0v) is 8.80. The number of Topliss-reactive ketones (excluding diaryl/α,β-unsaturated/α-hetero) is 1. The first-order chi connectivity index (χ1) is 6.72. The van der Waals surface area contributed by atoms with E-state index in [9.17, 15) is 4.79 Å². The van der Waals surface area contributed by atoms with Crippen molar-refractivity contribution in [1.29, 1.82) is 0 Å². The summed E-state index contributed by atoms with van der Waals surface area (Å²) in [5.74, 6) is 1.69. The zero-order chi connectivity index (χ0) is 10.1. The first-order valence-corrected chi connectivity index (χ1v) is 5.21. The molecule has 1 atom stereocenters. The van der Waals surface area contributed by atoms with E-state index in [1.165, 1.54) is 5.57 Å². The third-order valence-electron chi connectivity index (χ3n) is 3.20. The second kappa shape index (κ2) is 3.60. The van der Waals surface area contributed by atoms with Crippen molar-refractivity contribution in [2.45, 2.75) is 32.6 Å². The van der Waals surface area contributed by atoms with E-state index in [2.05, 4.69) is 6.92 Å². The van der Waals surface area contributed by atoms with E-state index >= 15 is 0 Å². The summed E-state index contributed by atoms with van der Waals surface area (Å²) in [7, 11) is 1.67. The molecule has 0 bridgehead atoms. The zero-order valence-electron chi connectivity index (χ0n) is 8.80. The van der Waals surface area contributed by atoms with Crippen molar-refractivity contribution in [1.82, 2.24) is 0 Å². The maximum absolute atomic E-state index is 11.7. The van der Waals surface area contributed by atoms with E-state index < -0.39 is 0 Å². The van der Waals surface area contributed by atoms with Gasteiger partial charge in [-0.1, -0.05) is 0 Å². The molecule has 1 unspecified atom stereocenters. The Labute approximate surface area is 84.6 Å². The van der Waals surface area contributed by atoms with Gasteiger partial charge in [0.1, 0.15) is 5.76 Å². The molecule has 0 aliphatic heterocycles. The van der Waals surface area contributed by atoms with Crippen molar-refractivity contribution in [3.05, 3.63) is 23.0 Å². The van der Waals surface area contributed by atoms with Crippen LogP contribution in [0, 0.1) is 5.92 Å². The number of hydrogen-bond acceptors (Lipinski definition) is 2. The lowest BCUT2D eigenvalue weighted by Crippen LogP contribution is -2.22. The van der Waals surface area contributed by atoms with Crippen LogP contribution in [0.5, 0.6) is 0 Å². The molecule has 0 aromatic carbocycles. The molecule has 2 heteroatoms. The fourth-order valence-electron chi connectivity index (χ4n) is 2.41. The van der Waals surface area contributed by atoms with Gasteiger partial charge in [-0.3, -0.25) is 4.79 Å². The molecule has 0 aromatic rings. The summed E-state index contributed by atoms with van der Waals surface area (Å²) >= 11 is 0. The Kier molecular flexibility index (Phi) is 2.44. The number of carbonyl (C=O) groups is 1. The van der Waals surface area contributed by atoms with Crippen LogP contribution in [0.4, 0.5) is 0 Å².